The third kappa shape index (κ3) is 3.15. The monoisotopic (exact) mass is 394 g/mol. The van der Waals surface area contributed by atoms with Crippen LogP contribution in [0.3, 0.4) is 0 Å². The van der Waals surface area contributed by atoms with E-state index in [-0.39, 0.29) is 33.2 Å². The molecule has 0 spiro atoms. The van der Waals surface area contributed by atoms with Crippen molar-refractivity contribution in [3.8, 4) is 11.5 Å². The Hall–Kier alpha value is -3.49. The van der Waals surface area contributed by atoms with E-state index in [0.717, 1.165) is 0 Å². The number of fused-ring (bicyclic) bond motifs is 2. The highest BCUT2D eigenvalue weighted by atomic mass is 32.2. The Balaban J connectivity index is 1.94. The minimum atomic E-state index is -4.46. The van der Waals surface area contributed by atoms with Gasteiger partial charge in [0, 0.05) is 10.8 Å². The van der Waals surface area contributed by atoms with Crippen molar-refractivity contribution in [2.75, 3.05) is 0 Å². The highest BCUT2D eigenvalue weighted by molar-refractivity contribution is 7.86. The van der Waals surface area contributed by atoms with Gasteiger partial charge < -0.3 is 10.2 Å². The van der Waals surface area contributed by atoms with E-state index in [1.165, 1.54) is 30.3 Å². The first-order valence-electron chi connectivity index (χ1n) is 8.20. The summed E-state index contributed by atoms with van der Waals surface area (Å²) >= 11 is 0. The summed E-state index contributed by atoms with van der Waals surface area (Å²) < 4.78 is 33.1. The van der Waals surface area contributed by atoms with Gasteiger partial charge in [-0.05, 0) is 47.2 Å². The predicted molar refractivity (Wildman–Crippen MR) is 105 cm³/mol. The Morgan fingerprint density at radius 2 is 1.54 bits per heavy atom. The maximum atomic E-state index is 11.8. The molecule has 0 aliphatic rings. The lowest BCUT2D eigenvalue weighted by molar-refractivity contribution is 0.474. The smallest absolute Gasteiger partial charge is 0.295 e. The van der Waals surface area contributed by atoms with E-state index in [2.05, 4.69) is 10.2 Å². The van der Waals surface area contributed by atoms with Gasteiger partial charge in [-0.3, -0.25) is 4.55 Å². The molecule has 0 amide bonds. The molecule has 7 nitrogen and oxygen atoms in total. The summed E-state index contributed by atoms with van der Waals surface area (Å²) in [7, 11) is -4.46. The Bertz CT molecular complexity index is 1360. The number of hydrogen-bond acceptors (Lipinski definition) is 6. The number of hydrogen-bond donors (Lipinski definition) is 3. The summed E-state index contributed by atoms with van der Waals surface area (Å²) in [5, 5.41) is 30.1. The average Bonchev–Trinajstić information content (AvgIpc) is 2.66. The minimum absolute atomic E-state index is 0.0768. The maximum Gasteiger partial charge on any atom is 0.295 e. The molecule has 4 aromatic rings. The van der Waals surface area contributed by atoms with Crippen molar-refractivity contribution in [1.29, 1.82) is 0 Å². The number of phenols is 2. The fourth-order valence-corrected chi connectivity index (χ4v) is 3.81. The summed E-state index contributed by atoms with van der Waals surface area (Å²) in [6.45, 7) is 0. The second-order valence-electron chi connectivity index (χ2n) is 6.15. The van der Waals surface area contributed by atoms with E-state index in [1.807, 2.05) is 0 Å². The number of phenolic OH excluding ortho intramolecular Hbond substituents is 2. The number of aromatic hydroxyl groups is 2. The molecule has 0 heterocycles. The maximum absolute atomic E-state index is 11.8. The molecule has 0 saturated heterocycles. The van der Waals surface area contributed by atoms with Gasteiger partial charge in [-0.15, -0.1) is 10.2 Å². The van der Waals surface area contributed by atoms with Crippen LogP contribution in [0.2, 0.25) is 0 Å². The van der Waals surface area contributed by atoms with Crippen LogP contribution in [0.25, 0.3) is 21.5 Å². The molecule has 0 aliphatic heterocycles. The van der Waals surface area contributed by atoms with Crippen molar-refractivity contribution >= 4 is 43.0 Å². The molecule has 140 valence electrons. The van der Waals surface area contributed by atoms with Gasteiger partial charge >= 0.3 is 0 Å². The van der Waals surface area contributed by atoms with Crippen LogP contribution in [0.4, 0.5) is 11.4 Å². The molecule has 0 atom stereocenters. The molecule has 4 rings (SSSR count). The number of nitrogens with zero attached hydrogens (tertiary/aromatic N) is 2. The first-order chi connectivity index (χ1) is 13.3. The Morgan fingerprint density at radius 1 is 0.786 bits per heavy atom. The first kappa shape index (κ1) is 17.9. The molecular formula is C20H14N2O5S. The lowest BCUT2D eigenvalue weighted by Gasteiger charge is -2.07. The van der Waals surface area contributed by atoms with Crippen LogP contribution in [0.5, 0.6) is 11.5 Å². The van der Waals surface area contributed by atoms with Gasteiger partial charge in [0.05, 0.1) is 5.69 Å². The molecular weight excluding hydrogens is 380 g/mol. The molecule has 0 radical (unpaired) electrons. The van der Waals surface area contributed by atoms with Crippen LogP contribution in [0, 0.1) is 0 Å². The fraction of sp³-hybridized carbons (Fsp3) is 0. The first-order valence-corrected chi connectivity index (χ1v) is 9.64. The molecule has 0 bridgehead atoms. The Labute approximate surface area is 160 Å². The van der Waals surface area contributed by atoms with E-state index in [4.69, 9.17) is 0 Å². The molecule has 28 heavy (non-hydrogen) atoms. The minimum Gasteiger partial charge on any atom is -0.508 e. The molecule has 8 heteroatoms. The molecule has 0 unspecified atom stereocenters. The van der Waals surface area contributed by atoms with Gasteiger partial charge in [-0.1, -0.05) is 30.3 Å². The van der Waals surface area contributed by atoms with Crippen LogP contribution >= 0.6 is 0 Å². The molecule has 4 aromatic carbocycles. The summed E-state index contributed by atoms with van der Waals surface area (Å²) in [5.74, 6) is -0.0369. The summed E-state index contributed by atoms with van der Waals surface area (Å²) in [6.07, 6.45) is 0. The normalized spacial score (nSPS) is 12.2. The molecule has 3 N–H and O–H groups in total. The number of rotatable bonds is 3. The standard InChI is InChI=1S/C20H14N2O5S/c23-14-8-9-15-13(11-14)7-10-17(24)20(15)22-21-16-5-1-3-12-4-2-6-18(19(12)16)28(25,26)27/h1-11,23-24H,(H,25,26,27)/b22-21+. The third-order valence-corrected chi connectivity index (χ3v) is 5.23. The van der Waals surface area contributed by atoms with E-state index >= 15 is 0 Å². The lowest BCUT2D eigenvalue weighted by atomic mass is 10.1. The molecule has 0 aromatic heterocycles. The quantitative estimate of drug-likeness (QED) is 0.331. The van der Waals surface area contributed by atoms with Gasteiger partial charge in [0.1, 0.15) is 22.1 Å². The van der Waals surface area contributed by atoms with E-state index in [0.29, 0.717) is 16.2 Å². The van der Waals surface area contributed by atoms with Gasteiger partial charge in [-0.25, -0.2) is 0 Å². The zero-order chi connectivity index (χ0) is 19.9. The topological polar surface area (TPSA) is 120 Å². The van der Waals surface area contributed by atoms with Gasteiger partial charge in [-0.2, -0.15) is 8.42 Å². The van der Waals surface area contributed by atoms with Crippen LogP contribution in [0.1, 0.15) is 0 Å². The summed E-state index contributed by atoms with van der Waals surface area (Å²) in [4.78, 5) is -0.272. The highest BCUT2D eigenvalue weighted by Crippen LogP contribution is 2.39. The number of benzene rings is 4. The van der Waals surface area contributed by atoms with Crippen molar-refractivity contribution in [1.82, 2.24) is 0 Å². The molecule has 0 aliphatic carbocycles. The van der Waals surface area contributed by atoms with E-state index < -0.39 is 10.1 Å². The zero-order valence-corrected chi connectivity index (χ0v) is 15.1. The molecule has 0 fully saturated rings. The Kier molecular flexibility index (Phi) is 4.21. The van der Waals surface area contributed by atoms with Crippen LogP contribution in [0.15, 0.2) is 81.9 Å². The van der Waals surface area contributed by atoms with E-state index in [1.54, 1.807) is 36.4 Å². The third-order valence-electron chi connectivity index (χ3n) is 4.33. The number of azo groups is 1. The van der Waals surface area contributed by atoms with E-state index in [9.17, 15) is 23.2 Å². The SMILES string of the molecule is O=S(=O)(O)c1cccc2cccc(/N=N/c3c(O)ccc4cc(O)ccc34)c12. The Morgan fingerprint density at radius 3 is 2.29 bits per heavy atom. The van der Waals surface area contributed by atoms with Gasteiger partial charge in [0.2, 0.25) is 0 Å². The highest BCUT2D eigenvalue weighted by Gasteiger charge is 2.16. The van der Waals surface area contributed by atoms with Crippen molar-refractivity contribution < 1.29 is 23.2 Å². The van der Waals surface area contributed by atoms with Crippen LogP contribution in [-0.4, -0.2) is 23.2 Å². The van der Waals surface area contributed by atoms with Crippen molar-refractivity contribution in [2.45, 2.75) is 4.90 Å². The second kappa shape index (κ2) is 6.59. The van der Waals surface area contributed by atoms with Crippen molar-refractivity contribution in [2.24, 2.45) is 10.2 Å². The van der Waals surface area contributed by atoms with Crippen LogP contribution in [-0.2, 0) is 10.1 Å². The van der Waals surface area contributed by atoms with Gasteiger partial charge in [0.15, 0.2) is 0 Å². The predicted octanol–water partition coefficient (Wildman–Crippen LogP) is 5.07. The lowest BCUT2D eigenvalue weighted by Crippen LogP contribution is -1.98. The van der Waals surface area contributed by atoms with Crippen molar-refractivity contribution in [3.63, 3.8) is 0 Å². The molecule has 0 saturated carbocycles. The average molecular weight is 394 g/mol. The van der Waals surface area contributed by atoms with Gasteiger partial charge in [0.25, 0.3) is 10.1 Å². The van der Waals surface area contributed by atoms with Crippen molar-refractivity contribution in [3.05, 3.63) is 66.7 Å². The summed E-state index contributed by atoms with van der Waals surface area (Å²) in [5.41, 5.74) is 0.403. The summed E-state index contributed by atoms with van der Waals surface area (Å²) in [6, 6.07) is 17.1. The fourth-order valence-electron chi connectivity index (χ4n) is 3.08. The zero-order valence-electron chi connectivity index (χ0n) is 14.3. The largest absolute Gasteiger partial charge is 0.508 e. The second-order valence-corrected chi connectivity index (χ2v) is 7.54. The van der Waals surface area contributed by atoms with Crippen LogP contribution < -0.4 is 0 Å².